The molecule has 82 valence electrons. The molecule has 1 heterocycles. The summed E-state index contributed by atoms with van der Waals surface area (Å²) in [7, 11) is 0. The summed E-state index contributed by atoms with van der Waals surface area (Å²) in [4.78, 5) is 14.3. The van der Waals surface area contributed by atoms with Gasteiger partial charge in [0.25, 0.3) is 0 Å². The van der Waals surface area contributed by atoms with Gasteiger partial charge in [0, 0.05) is 11.9 Å². The van der Waals surface area contributed by atoms with Crippen LogP contribution < -0.4 is 0 Å². The molecule has 1 aromatic heterocycles. The average molecular weight is 215 g/mol. The fraction of sp³-hybridized carbons (Fsp3) is 0.400. The maximum Gasteiger partial charge on any atom is 0.304 e. The van der Waals surface area contributed by atoms with Crippen LogP contribution in [0.2, 0.25) is 0 Å². The molecule has 0 saturated carbocycles. The molecule has 1 rings (SSSR count). The first kappa shape index (κ1) is 11.6. The summed E-state index contributed by atoms with van der Waals surface area (Å²) in [6, 6.07) is 2.91. The third-order valence-corrected chi connectivity index (χ3v) is 2.05. The molecule has 1 N–H and O–H groups in total. The van der Waals surface area contributed by atoms with Crippen molar-refractivity contribution in [2.45, 2.75) is 25.7 Å². The van der Waals surface area contributed by atoms with E-state index in [4.69, 9.17) is 5.11 Å². The Bertz CT molecular complexity index is 355. The predicted octanol–water partition coefficient (Wildman–Crippen LogP) is 2.21. The van der Waals surface area contributed by atoms with Gasteiger partial charge in [-0.2, -0.15) is 0 Å². The van der Waals surface area contributed by atoms with Crippen molar-refractivity contribution in [3.05, 3.63) is 29.6 Å². The van der Waals surface area contributed by atoms with Crippen LogP contribution in [0.25, 0.3) is 0 Å². The largest absolute Gasteiger partial charge is 0.481 e. The molecule has 1 aromatic rings. The second kappa shape index (κ2) is 4.82. The number of aliphatic carboxylic acids is 1. The zero-order valence-electron chi connectivity index (χ0n) is 8.15. The highest BCUT2D eigenvalue weighted by Gasteiger charge is 2.25. The molecule has 0 aliphatic carbocycles. The maximum atomic E-state index is 12.6. The lowest BCUT2D eigenvalue weighted by Crippen LogP contribution is -2.14. The monoisotopic (exact) mass is 215 g/mol. The fourth-order valence-corrected chi connectivity index (χ4v) is 1.34. The lowest BCUT2D eigenvalue weighted by atomic mass is 9.96. The zero-order chi connectivity index (χ0) is 11.4. The summed E-state index contributed by atoms with van der Waals surface area (Å²) in [5, 5.41) is 8.51. The first-order valence-corrected chi connectivity index (χ1v) is 4.43. The molecule has 1 unspecified atom stereocenters. The van der Waals surface area contributed by atoms with E-state index in [1.807, 2.05) is 0 Å². The van der Waals surface area contributed by atoms with Gasteiger partial charge in [-0.25, -0.2) is 8.78 Å². The molecule has 0 fully saturated rings. The van der Waals surface area contributed by atoms with Gasteiger partial charge in [-0.05, 0) is 24.6 Å². The van der Waals surface area contributed by atoms with Crippen molar-refractivity contribution in [2.75, 3.05) is 0 Å². The molecule has 0 aliphatic rings. The number of carboxylic acid groups (broad SMARTS) is 1. The zero-order valence-corrected chi connectivity index (χ0v) is 8.15. The molecule has 3 nitrogen and oxygen atoms in total. The van der Waals surface area contributed by atoms with Crippen molar-refractivity contribution in [2.24, 2.45) is 0 Å². The van der Waals surface area contributed by atoms with Crippen molar-refractivity contribution >= 4 is 5.97 Å². The summed E-state index contributed by atoms with van der Waals surface area (Å²) in [5.74, 6) is -2.49. The first-order valence-electron chi connectivity index (χ1n) is 4.43. The van der Waals surface area contributed by atoms with Crippen molar-refractivity contribution in [1.29, 1.82) is 0 Å². The Labute approximate surface area is 85.8 Å². The van der Waals surface area contributed by atoms with Gasteiger partial charge in [-0.3, -0.25) is 9.78 Å². The van der Waals surface area contributed by atoms with Crippen molar-refractivity contribution in [3.63, 3.8) is 0 Å². The van der Waals surface area contributed by atoms with Crippen LogP contribution in [0.4, 0.5) is 8.78 Å². The number of halogens is 2. The highest BCUT2D eigenvalue weighted by atomic mass is 19.3. The van der Waals surface area contributed by atoms with Crippen LogP contribution in [0.5, 0.6) is 0 Å². The van der Waals surface area contributed by atoms with Gasteiger partial charge in [0.15, 0.2) is 0 Å². The highest BCUT2D eigenvalue weighted by molar-refractivity contribution is 5.68. The molecule has 15 heavy (non-hydrogen) atoms. The first-order chi connectivity index (χ1) is 7.00. The molecule has 0 radical (unpaired) electrons. The number of rotatable bonds is 4. The van der Waals surface area contributed by atoms with Crippen molar-refractivity contribution < 1.29 is 18.7 Å². The number of aryl methyl sites for hydroxylation is 1. The summed E-state index contributed by atoms with van der Waals surface area (Å²) in [6.07, 6.45) is -1.84. The molecule has 0 spiro atoms. The van der Waals surface area contributed by atoms with E-state index in [1.54, 1.807) is 6.92 Å². The number of carbonyl (C=O) groups is 1. The number of carboxylic acids is 1. The van der Waals surface area contributed by atoms with E-state index in [-0.39, 0.29) is 0 Å². The second-order valence-corrected chi connectivity index (χ2v) is 3.27. The normalized spacial score (nSPS) is 12.8. The van der Waals surface area contributed by atoms with Gasteiger partial charge in [0.2, 0.25) is 6.43 Å². The molecule has 5 heteroatoms. The second-order valence-electron chi connectivity index (χ2n) is 3.27. The van der Waals surface area contributed by atoms with Crippen LogP contribution in [-0.2, 0) is 4.79 Å². The molecule has 0 saturated heterocycles. The van der Waals surface area contributed by atoms with Crippen molar-refractivity contribution in [1.82, 2.24) is 4.98 Å². The van der Waals surface area contributed by atoms with E-state index < -0.39 is 24.7 Å². The molecular formula is C10H11F2NO2. The molecule has 0 bridgehead atoms. The minimum Gasteiger partial charge on any atom is -0.481 e. The van der Waals surface area contributed by atoms with Gasteiger partial charge in [-0.1, -0.05) is 0 Å². The smallest absolute Gasteiger partial charge is 0.304 e. The molecule has 1 atom stereocenters. The Morgan fingerprint density at radius 1 is 1.60 bits per heavy atom. The van der Waals surface area contributed by atoms with Crippen LogP contribution in [0, 0.1) is 6.92 Å². The maximum absolute atomic E-state index is 12.6. The van der Waals surface area contributed by atoms with Gasteiger partial charge < -0.3 is 5.11 Å². The van der Waals surface area contributed by atoms with Gasteiger partial charge in [-0.15, -0.1) is 0 Å². The Hall–Kier alpha value is -1.52. The van der Waals surface area contributed by atoms with E-state index in [1.165, 1.54) is 18.3 Å². The van der Waals surface area contributed by atoms with E-state index in [2.05, 4.69) is 4.98 Å². The summed E-state index contributed by atoms with van der Waals surface area (Å²) < 4.78 is 25.2. The van der Waals surface area contributed by atoms with Crippen molar-refractivity contribution in [3.8, 4) is 0 Å². The van der Waals surface area contributed by atoms with Gasteiger partial charge >= 0.3 is 5.97 Å². The minimum atomic E-state index is -2.68. The Morgan fingerprint density at radius 3 is 2.73 bits per heavy atom. The lowest BCUT2D eigenvalue weighted by Gasteiger charge is -2.14. The van der Waals surface area contributed by atoms with Crippen LogP contribution in [0.1, 0.15) is 23.6 Å². The number of pyridine rings is 1. The van der Waals surface area contributed by atoms with E-state index in [0.717, 1.165) is 0 Å². The Kier molecular flexibility index (Phi) is 3.71. The quantitative estimate of drug-likeness (QED) is 0.837. The summed E-state index contributed by atoms with van der Waals surface area (Å²) in [6.45, 7) is 1.67. The Morgan fingerprint density at radius 2 is 2.27 bits per heavy atom. The van der Waals surface area contributed by atoms with Crippen LogP contribution in [0.3, 0.4) is 0 Å². The van der Waals surface area contributed by atoms with Gasteiger partial charge in [0.1, 0.15) is 0 Å². The number of alkyl halides is 2. The van der Waals surface area contributed by atoms with Crippen LogP contribution in [-0.4, -0.2) is 22.5 Å². The van der Waals surface area contributed by atoms with Gasteiger partial charge in [0.05, 0.1) is 12.3 Å². The topological polar surface area (TPSA) is 50.2 Å². The Balaban J connectivity index is 2.93. The third kappa shape index (κ3) is 3.27. The third-order valence-electron chi connectivity index (χ3n) is 2.05. The highest BCUT2D eigenvalue weighted by Crippen LogP contribution is 2.26. The molecular weight excluding hydrogens is 204 g/mol. The standard InChI is InChI=1S/C10H11F2NO2/c1-6-4-7(2-3-13-6)8(10(11)12)5-9(14)15/h2-4,8,10H,5H2,1H3,(H,14,15). The number of hydrogen-bond donors (Lipinski definition) is 1. The number of aromatic nitrogens is 1. The van der Waals surface area contributed by atoms with E-state index in [9.17, 15) is 13.6 Å². The van der Waals surface area contributed by atoms with Crippen LogP contribution in [0.15, 0.2) is 18.3 Å². The fourth-order valence-electron chi connectivity index (χ4n) is 1.34. The summed E-state index contributed by atoms with van der Waals surface area (Å²) >= 11 is 0. The molecule has 0 aromatic carbocycles. The minimum absolute atomic E-state index is 0.319. The predicted molar refractivity (Wildman–Crippen MR) is 50.0 cm³/mol. The number of hydrogen-bond acceptors (Lipinski definition) is 2. The molecule has 0 aliphatic heterocycles. The van der Waals surface area contributed by atoms with E-state index >= 15 is 0 Å². The summed E-state index contributed by atoms with van der Waals surface area (Å²) in [5.41, 5.74) is 0.920. The number of nitrogens with zero attached hydrogens (tertiary/aromatic N) is 1. The lowest BCUT2D eigenvalue weighted by molar-refractivity contribution is -0.138. The molecule has 0 amide bonds. The van der Waals surface area contributed by atoms with E-state index in [0.29, 0.717) is 11.3 Å². The SMILES string of the molecule is Cc1cc(C(CC(=O)O)C(F)F)ccn1. The van der Waals surface area contributed by atoms with Crippen LogP contribution >= 0.6 is 0 Å². The average Bonchev–Trinajstić information content (AvgIpc) is 2.13.